The summed E-state index contributed by atoms with van der Waals surface area (Å²) in [6.07, 6.45) is 6.80. The molecule has 1 aliphatic heterocycles. The van der Waals surface area contributed by atoms with Crippen LogP contribution in [-0.2, 0) is 6.54 Å². The number of hydrogen-bond acceptors (Lipinski definition) is 5. The number of amides is 1. The van der Waals surface area contributed by atoms with E-state index in [1.54, 1.807) is 11.1 Å². The minimum atomic E-state index is -0.622. The molecule has 1 saturated heterocycles. The van der Waals surface area contributed by atoms with Gasteiger partial charge in [-0.2, -0.15) is 5.10 Å². The molecule has 0 saturated carbocycles. The molecule has 4 rings (SSSR count). The van der Waals surface area contributed by atoms with E-state index >= 15 is 0 Å². The average molecular weight is 340 g/mol. The zero-order valence-electron chi connectivity index (χ0n) is 13.3. The fraction of sp³-hybridized carbons (Fsp3) is 0.312. The first kappa shape index (κ1) is 15.3. The minimum Gasteiger partial charge on any atom is -0.334 e. The zero-order chi connectivity index (χ0) is 17.4. The van der Waals surface area contributed by atoms with Crippen molar-refractivity contribution in [1.82, 2.24) is 29.6 Å². The van der Waals surface area contributed by atoms with E-state index in [1.807, 2.05) is 16.9 Å². The van der Waals surface area contributed by atoms with E-state index in [0.717, 1.165) is 12.8 Å². The van der Waals surface area contributed by atoms with Crippen molar-refractivity contribution in [2.45, 2.75) is 25.4 Å². The van der Waals surface area contributed by atoms with Gasteiger partial charge in [0, 0.05) is 25.1 Å². The Kier molecular flexibility index (Phi) is 3.68. The van der Waals surface area contributed by atoms with Gasteiger partial charge in [-0.1, -0.05) is 0 Å². The van der Waals surface area contributed by atoms with Gasteiger partial charge in [0.25, 0.3) is 11.5 Å². The summed E-state index contributed by atoms with van der Waals surface area (Å²) in [7, 11) is 0. The molecule has 0 aliphatic carbocycles. The molecule has 4 heterocycles. The number of carbonyl (C=O) groups excluding carboxylic acids is 1. The fourth-order valence-corrected chi connectivity index (χ4v) is 3.25. The van der Waals surface area contributed by atoms with E-state index in [0.29, 0.717) is 18.7 Å². The lowest BCUT2D eigenvalue weighted by atomic mass is 10.1. The van der Waals surface area contributed by atoms with Crippen LogP contribution < -0.4 is 11.2 Å². The number of aromatic amines is 2. The molecule has 128 valence electrons. The molecular formula is C16H16N6O3. The van der Waals surface area contributed by atoms with Crippen LogP contribution in [0, 0.1) is 0 Å². The lowest BCUT2D eigenvalue weighted by Gasteiger charge is -2.24. The number of carbonyl (C=O) groups is 1. The van der Waals surface area contributed by atoms with Crippen molar-refractivity contribution >= 4 is 16.9 Å². The van der Waals surface area contributed by atoms with Crippen molar-refractivity contribution in [3.05, 3.63) is 57.1 Å². The molecule has 0 spiro atoms. The van der Waals surface area contributed by atoms with Gasteiger partial charge in [0.2, 0.25) is 0 Å². The van der Waals surface area contributed by atoms with E-state index in [2.05, 4.69) is 20.1 Å². The maximum Gasteiger partial charge on any atom is 0.327 e. The number of pyridine rings is 1. The van der Waals surface area contributed by atoms with Crippen LogP contribution in [0.1, 0.15) is 23.2 Å². The van der Waals surface area contributed by atoms with E-state index in [-0.39, 0.29) is 23.0 Å². The molecule has 1 aliphatic rings. The third-order valence-corrected chi connectivity index (χ3v) is 4.43. The van der Waals surface area contributed by atoms with Gasteiger partial charge < -0.3 is 4.90 Å². The van der Waals surface area contributed by atoms with Gasteiger partial charge in [0.05, 0.1) is 23.5 Å². The minimum absolute atomic E-state index is 0.0527. The Morgan fingerprint density at radius 1 is 1.32 bits per heavy atom. The Morgan fingerprint density at radius 3 is 3.00 bits per heavy atom. The normalized spacial score (nSPS) is 17.3. The topological polar surface area (TPSA) is 117 Å². The van der Waals surface area contributed by atoms with Crippen molar-refractivity contribution in [3.63, 3.8) is 0 Å². The van der Waals surface area contributed by atoms with Crippen molar-refractivity contribution in [2.75, 3.05) is 6.54 Å². The second kappa shape index (κ2) is 6.00. The van der Waals surface area contributed by atoms with Crippen LogP contribution in [0.15, 0.2) is 40.3 Å². The number of nitrogens with zero attached hydrogens (tertiary/aromatic N) is 4. The van der Waals surface area contributed by atoms with Gasteiger partial charge in [-0.25, -0.2) is 9.78 Å². The molecule has 0 bridgehead atoms. The summed E-state index contributed by atoms with van der Waals surface area (Å²) in [5.41, 5.74) is -0.685. The molecular weight excluding hydrogens is 324 g/mol. The van der Waals surface area contributed by atoms with Gasteiger partial charge in [0.15, 0.2) is 0 Å². The molecule has 2 N–H and O–H groups in total. The number of nitrogens with one attached hydrogen (secondary N) is 2. The third kappa shape index (κ3) is 2.84. The van der Waals surface area contributed by atoms with Crippen molar-refractivity contribution in [2.24, 2.45) is 0 Å². The Morgan fingerprint density at radius 2 is 2.20 bits per heavy atom. The molecule has 25 heavy (non-hydrogen) atoms. The summed E-state index contributed by atoms with van der Waals surface area (Å²) in [6.45, 7) is 1.29. The van der Waals surface area contributed by atoms with E-state index in [4.69, 9.17) is 0 Å². The summed E-state index contributed by atoms with van der Waals surface area (Å²) >= 11 is 0. The highest BCUT2D eigenvalue weighted by Gasteiger charge is 2.30. The van der Waals surface area contributed by atoms with Crippen molar-refractivity contribution < 1.29 is 4.79 Å². The number of likely N-dealkylation sites (tertiary alicyclic amines) is 1. The zero-order valence-corrected chi connectivity index (χ0v) is 13.3. The molecule has 0 aromatic carbocycles. The average Bonchev–Trinajstić information content (AvgIpc) is 3.26. The van der Waals surface area contributed by atoms with Gasteiger partial charge in [-0.05, 0) is 25.0 Å². The van der Waals surface area contributed by atoms with Crippen LogP contribution in [0.4, 0.5) is 0 Å². The predicted octanol–water partition coefficient (Wildman–Crippen LogP) is 0.113. The fourth-order valence-electron chi connectivity index (χ4n) is 3.25. The number of fused-ring (bicyclic) bond motifs is 1. The van der Waals surface area contributed by atoms with E-state index in [9.17, 15) is 14.4 Å². The lowest BCUT2D eigenvalue weighted by Crippen LogP contribution is -2.38. The third-order valence-electron chi connectivity index (χ3n) is 4.43. The maximum absolute atomic E-state index is 12.9. The Balaban J connectivity index is 1.64. The number of H-pyrrole nitrogens is 2. The van der Waals surface area contributed by atoms with Crippen LogP contribution in [0.5, 0.6) is 0 Å². The van der Waals surface area contributed by atoms with Crippen LogP contribution >= 0.6 is 0 Å². The maximum atomic E-state index is 12.9. The molecule has 1 unspecified atom stereocenters. The summed E-state index contributed by atoms with van der Waals surface area (Å²) in [4.78, 5) is 46.5. The monoisotopic (exact) mass is 340 g/mol. The lowest BCUT2D eigenvalue weighted by molar-refractivity contribution is 0.0721. The van der Waals surface area contributed by atoms with Crippen LogP contribution in [0.25, 0.3) is 11.0 Å². The highest BCUT2D eigenvalue weighted by molar-refractivity contribution is 5.97. The first-order chi connectivity index (χ1) is 12.1. The quantitative estimate of drug-likeness (QED) is 0.702. The second-order valence-corrected chi connectivity index (χ2v) is 6.05. The van der Waals surface area contributed by atoms with Gasteiger partial charge >= 0.3 is 5.69 Å². The van der Waals surface area contributed by atoms with Crippen LogP contribution in [0.2, 0.25) is 0 Å². The van der Waals surface area contributed by atoms with Crippen molar-refractivity contribution in [3.8, 4) is 0 Å². The van der Waals surface area contributed by atoms with Crippen LogP contribution in [0.3, 0.4) is 0 Å². The summed E-state index contributed by atoms with van der Waals surface area (Å²) in [5, 5.41) is 4.38. The molecule has 1 amide bonds. The molecule has 3 aromatic heterocycles. The second-order valence-electron chi connectivity index (χ2n) is 6.05. The van der Waals surface area contributed by atoms with Crippen molar-refractivity contribution in [1.29, 1.82) is 0 Å². The first-order valence-electron chi connectivity index (χ1n) is 8.02. The Hall–Kier alpha value is -3.23. The standard InChI is InChI=1S/C16H16N6O3/c23-14-12-7-10(8-17-13(12)19-16(25)20-14)15(24)22-6-1-3-11(22)9-21-5-2-4-18-21/h2,4-5,7-8,11H,1,3,6,9H2,(H2,17,19,20,23,25). The first-order valence-corrected chi connectivity index (χ1v) is 8.02. The molecule has 9 heteroatoms. The SMILES string of the molecule is O=C(c1cnc2[nH]c(=O)[nH]c(=O)c2c1)N1CCCC1Cn1cccn1. The molecule has 1 atom stereocenters. The van der Waals surface area contributed by atoms with Gasteiger partial charge in [0.1, 0.15) is 5.65 Å². The molecule has 9 nitrogen and oxygen atoms in total. The Bertz CT molecular complexity index is 1040. The largest absolute Gasteiger partial charge is 0.334 e. The summed E-state index contributed by atoms with van der Waals surface area (Å²) in [6, 6.07) is 3.38. The predicted molar refractivity (Wildman–Crippen MR) is 89.3 cm³/mol. The van der Waals surface area contributed by atoms with Gasteiger partial charge in [-0.3, -0.25) is 24.2 Å². The summed E-state index contributed by atoms with van der Waals surface area (Å²) < 4.78 is 1.81. The highest BCUT2D eigenvalue weighted by atomic mass is 16.2. The number of rotatable bonds is 3. The van der Waals surface area contributed by atoms with E-state index < -0.39 is 11.2 Å². The van der Waals surface area contributed by atoms with E-state index in [1.165, 1.54) is 12.3 Å². The Labute approximate surface area is 141 Å². The molecule has 1 fully saturated rings. The summed E-state index contributed by atoms with van der Waals surface area (Å²) in [5.74, 6) is -0.172. The van der Waals surface area contributed by atoms with Gasteiger partial charge in [-0.15, -0.1) is 0 Å². The number of aromatic nitrogens is 5. The highest BCUT2D eigenvalue weighted by Crippen LogP contribution is 2.21. The molecule has 3 aromatic rings. The molecule has 0 radical (unpaired) electrons. The number of hydrogen-bond donors (Lipinski definition) is 2. The van der Waals surface area contributed by atoms with Crippen LogP contribution in [-0.4, -0.2) is 48.1 Å². The smallest absolute Gasteiger partial charge is 0.327 e.